The van der Waals surface area contributed by atoms with Crippen LogP contribution >= 0.6 is 0 Å². The molecule has 1 atom stereocenters. The molecule has 1 saturated heterocycles. The van der Waals surface area contributed by atoms with Crippen LogP contribution in [0.15, 0.2) is 12.7 Å². The van der Waals surface area contributed by atoms with Gasteiger partial charge in [-0.15, -0.1) is 6.58 Å². The minimum Gasteiger partial charge on any atom is -0.444 e. The van der Waals surface area contributed by atoms with Crippen molar-refractivity contribution in [3.63, 3.8) is 0 Å². The van der Waals surface area contributed by atoms with Gasteiger partial charge >= 0.3 is 6.09 Å². The van der Waals surface area contributed by atoms with Crippen LogP contribution in [0.1, 0.15) is 20.8 Å². The summed E-state index contributed by atoms with van der Waals surface area (Å²) in [5, 5.41) is 9.46. The molecule has 1 aliphatic rings. The van der Waals surface area contributed by atoms with Crippen molar-refractivity contribution >= 4 is 6.09 Å². The molecule has 0 aromatic carbocycles. The summed E-state index contributed by atoms with van der Waals surface area (Å²) in [6.45, 7) is 9.93. The lowest BCUT2D eigenvalue weighted by Gasteiger charge is -2.43. The number of hydrogen-bond donors (Lipinski definition) is 1. The highest BCUT2D eigenvalue weighted by Crippen LogP contribution is 2.23. The average molecular weight is 243 g/mol. The average Bonchev–Trinajstić information content (AvgIpc) is 2.26. The zero-order valence-corrected chi connectivity index (χ0v) is 10.7. The molecule has 1 unspecified atom stereocenters. The van der Waals surface area contributed by atoms with Gasteiger partial charge in [0.15, 0.2) is 0 Å². The highest BCUT2D eigenvalue weighted by Gasteiger charge is 2.41. The second-order valence-electron chi connectivity index (χ2n) is 5.15. The first-order chi connectivity index (χ1) is 7.84. The molecule has 17 heavy (non-hydrogen) atoms. The van der Waals surface area contributed by atoms with Crippen molar-refractivity contribution in [2.45, 2.75) is 31.9 Å². The standard InChI is InChI=1S/C12H21NO4/c1-5-12(8-14)9-16-7-6-13(12)10(15)17-11(2,3)4/h5,14H,1,6-9H2,2-4H3. The van der Waals surface area contributed by atoms with Gasteiger partial charge in [0, 0.05) is 6.54 Å². The van der Waals surface area contributed by atoms with E-state index in [4.69, 9.17) is 9.47 Å². The third-order valence-electron chi connectivity index (χ3n) is 2.62. The molecule has 98 valence electrons. The van der Waals surface area contributed by atoms with E-state index >= 15 is 0 Å². The first-order valence-corrected chi connectivity index (χ1v) is 5.67. The monoisotopic (exact) mass is 243 g/mol. The first kappa shape index (κ1) is 14.0. The minimum absolute atomic E-state index is 0.226. The van der Waals surface area contributed by atoms with Gasteiger partial charge in [-0.2, -0.15) is 0 Å². The number of hydrogen-bond acceptors (Lipinski definition) is 4. The molecule has 0 aliphatic carbocycles. The molecular formula is C12H21NO4. The van der Waals surface area contributed by atoms with Crippen molar-refractivity contribution < 1.29 is 19.4 Å². The maximum absolute atomic E-state index is 12.0. The topological polar surface area (TPSA) is 59.0 Å². The smallest absolute Gasteiger partial charge is 0.411 e. The van der Waals surface area contributed by atoms with E-state index in [2.05, 4.69) is 6.58 Å². The van der Waals surface area contributed by atoms with Gasteiger partial charge in [-0.1, -0.05) is 6.08 Å². The van der Waals surface area contributed by atoms with Gasteiger partial charge in [0.25, 0.3) is 0 Å². The summed E-state index contributed by atoms with van der Waals surface area (Å²) in [5.74, 6) is 0. The van der Waals surface area contributed by atoms with Crippen molar-refractivity contribution in [3.8, 4) is 0 Å². The molecule has 0 saturated carbocycles. The van der Waals surface area contributed by atoms with E-state index in [0.29, 0.717) is 13.2 Å². The molecule has 1 N–H and O–H groups in total. The Hall–Kier alpha value is -1.07. The summed E-state index contributed by atoms with van der Waals surface area (Å²) in [6, 6.07) is 0. The van der Waals surface area contributed by atoms with Crippen molar-refractivity contribution in [1.29, 1.82) is 0 Å². The van der Waals surface area contributed by atoms with Crippen LogP contribution in [0.2, 0.25) is 0 Å². The largest absolute Gasteiger partial charge is 0.444 e. The normalized spacial score (nSPS) is 25.5. The number of amides is 1. The van der Waals surface area contributed by atoms with Crippen LogP contribution in [-0.2, 0) is 9.47 Å². The van der Waals surface area contributed by atoms with Gasteiger partial charge in [0.1, 0.15) is 11.1 Å². The van der Waals surface area contributed by atoms with E-state index in [-0.39, 0.29) is 13.2 Å². The zero-order valence-electron chi connectivity index (χ0n) is 10.7. The Kier molecular flexibility index (Phi) is 4.16. The number of aliphatic hydroxyl groups excluding tert-OH is 1. The summed E-state index contributed by atoms with van der Waals surface area (Å²) >= 11 is 0. The van der Waals surface area contributed by atoms with Gasteiger partial charge < -0.3 is 14.6 Å². The van der Waals surface area contributed by atoms with Crippen molar-refractivity contribution in [1.82, 2.24) is 4.90 Å². The molecule has 1 aliphatic heterocycles. The lowest BCUT2D eigenvalue weighted by atomic mass is 9.98. The lowest BCUT2D eigenvalue weighted by molar-refractivity contribution is -0.0733. The number of carbonyl (C=O) groups excluding carboxylic acids is 1. The zero-order chi connectivity index (χ0) is 13.1. The number of nitrogens with zero attached hydrogens (tertiary/aromatic N) is 1. The van der Waals surface area contributed by atoms with E-state index in [1.807, 2.05) is 0 Å². The van der Waals surface area contributed by atoms with E-state index in [0.717, 1.165) is 0 Å². The first-order valence-electron chi connectivity index (χ1n) is 5.67. The van der Waals surface area contributed by atoms with Crippen LogP contribution in [0, 0.1) is 0 Å². The fourth-order valence-electron chi connectivity index (χ4n) is 1.66. The van der Waals surface area contributed by atoms with E-state index in [9.17, 15) is 9.90 Å². The van der Waals surface area contributed by atoms with E-state index in [1.54, 1.807) is 20.8 Å². The fourth-order valence-corrected chi connectivity index (χ4v) is 1.66. The van der Waals surface area contributed by atoms with Gasteiger partial charge in [0.05, 0.1) is 19.8 Å². The summed E-state index contributed by atoms with van der Waals surface area (Å²) in [4.78, 5) is 13.5. The quantitative estimate of drug-likeness (QED) is 0.740. The number of ether oxygens (including phenoxy) is 2. The number of rotatable bonds is 2. The summed E-state index contributed by atoms with van der Waals surface area (Å²) in [5.41, 5.74) is -1.43. The molecule has 0 aromatic heterocycles. The van der Waals surface area contributed by atoms with E-state index in [1.165, 1.54) is 11.0 Å². The van der Waals surface area contributed by atoms with Gasteiger partial charge in [-0.3, -0.25) is 4.90 Å². The molecule has 1 heterocycles. The predicted molar refractivity (Wildman–Crippen MR) is 63.8 cm³/mol. The van der Waals surface area contributed by atoms with Crippen LogP contribution in [0.3, 0.4) is 0 Å². The third-order valence-corrected chi connectivity index (χ3v) is 2.62. The second-order valence-corrected chi connectivity index (χ2v) is 5.15. The Bertz CT molecular complexity index is 297. The number of carbonyl (C=O) groups is 1. The maximum atomic E-state index is 12.0. The van der Waals surface area contributed by atoms with Crippen LogP contribution in [-0.4, -0.2) is 53.6 Å². The minimum atomic E-state index is -0.874. The molecule has 0 spiro atoms. The SMILES string of the molecule is C=CC1(CO)COCCN1C(=O)OC(C)(C)C. The lowest BCUT2D eigenvalue weighted by Crippen LogP contribution is -2.60. The van der Waals surface area contributed by atoms with Crippen molar-refractivity contribution in [2.24, 2.45) is 0 Å². The Morgan fingerprint density at radius 3 is 2.76 bits per heavy atom. The number of morpholine rings is 1. The maximum Gasteiger partial charge on any atom is 0.411 e. The van der Waals surface area contributed by atoms with Crippen LogP contribution in [0.4, 0.5) is 4.79 Å². The molecule has 0 radical (unpaired) electrons. The van der Waals surface area contributed by atoms with Gasteiger partial charge in [0.2, 0.25) is 0 Å². The number of aliphatic hydroxyl groups is 1. The second kappa shape index (κ2) is 5.06. The Labute approximate surface area is 102 Å². The van der Waals surface area contributed by atoms with Crippen LogP contribution < -0.4 is 0 Å². The van der Waals surface area contributed by atoms with Crippen molar-refractivity contribution in [3.05, 3.63) is 12.7 Å². The summed E-state index contributed by atoms with van der Waals surface area (Å²) in [7, 11) is 0. The Balaban J connectivity index is 2.85. The summed E-state index contributed by atoms with van der Waals surface area (Å²) < 4.78 is 10.6. The molecule has 1 rings (SSSR count). The summed E-state index contributed by atoms with van der Waals surface area (Å²) in [6.07, 6.45) is 1.09. The molecule has 0 bridgehead atoms. The van der Waals surface area contributed by atoms with Crippen LogP contribution in [0.25, 0.3) is 0 Å². The molecule has 1 fully saturated rings. The van der Waals surface area contributed by atoms with Crippen LogP contribution in [0.5, 0.6) is 0 Å². The molecule has 0 aromatic rings. The molecule has 5 heteroatoms. The Morgan fingerprint density at radius 1 is 1.65 bits per heavy atom. The third kappa shape index (κ3) is 3.20. The van der Waals surface area contributed by atoms with Gasteiger partial charge in [-0.25, -0.2) is 4.79 Å². The highest BCUT2D eigenvalue weighted by atomic mass is 16.6. The molecule has 1 amide bonds. The van der Waals surface area contributed by atoms with Crippen molar-refractivity contribution in [2.75, 3.05) is 26.4 Å². The predicted octanol–water partition coefficient (Wildman–Crippen LogP) is 1.17. The Morgan fingerprint density at radius 2 is 2.29 bits per heavy atom. The fraction of sp³-hybridized carbons (Fsp3) is 0.750. The molecular weight excluding hydrogens is 222 g/mol. The molecule has 5 nitrogen and oxygen atoms in total. The van der Waals surface area contributed by atoms with E-state index < -0.39 is 17.2 Å². The van der Waals surface area contributed by atoms with Gasteiger partial charge in [-0.05, 0) is 20.8 Å². The highest BCUT2D eigenvalue weighted by molar-refractivity contribution is 5.70.